The molecule has 1 aromatic heterocycles. The normalized spacial score (nSPS) is 12.6. The Morgan fingerprint density at radius 2 is 1.94 bits per heavy atom. The van der Waals surface area contributed by atoms with E-state index in [1.807, 2.05) is 23.8 Å². The van der Waals surface area contributed by atoms with Crippen LogP contribution in [0.3, 0.4) is 0 Å². The fourth-order valence-corrected chi connectivity index (χ4v) is 2.50. The van der Waals surface area contributed by atoms with E-state index < -0.39 is 17.7 Å². The van der Waals surface area contributed by atoms with Gasteiger partial charge in [-0.1, -0.05) is 13.0 Å². The van der Waals surface area contributed by atoms with Gasteiger partial charge in [-0.25, -0.2) is 8.78 Å². The predicted molar refractivity (Wildman–Crippen MR) is 66.2 cm³/mol. The first-order valence-corrected chi connectivity index (χ1v) is 6.37. The van der Waals surface area contributed by atoms with Crippen LogP contribution in [-0.2, 0) is 0 Å². The topological polar surface area (TPSA) is 12.0 Å². The second-order valence-electron chi connectivity index (χ2n) is 3.68. The smallest absolute Gasteiger partial charge is 0.131 e. The van der Waals surface area contributed by atoms with E-state index >= 15 is 0 Å². The summed E-state index contributed by atoms with van der Waals surface area (Å²) in [5.74, 6) is -1.02. The highest BCUT2D eigenvalue weighted by atomic mass is 32.1. The summed E-state index contributed by atoms with van der Waals surface area (Å²) in [6, 6.07) is 5.41. The van der Waals surface area contributed by atoms with Crippen molar-refractivity contribution in [3.8, 4) is 0 Å². The van der Waals surface area contributed by atoms with Gasteiger partial charge in [0.2, 0.25) is 0 Å². The van der Waals surface area contributed by atoms with Crippen LogP contribution < -0.4 is 5.32 Å². The van der Waals surface area contributed by atoms with E-state index in [9.17, 15) is 8.78 Å². The number of nitrogens with one attached hydrogen (secondary N) is 1. The van der Waals surface area contributed by atoms with E-state index in [4.69, 9.17) is 0 Å². The number of halogens is 2. The van der Waals surface area contributed by atoms with Crippen LogP contribution >= 0.6 is 11.3 Å². The predicted octanol–water partition coefficient (Wildman–Crippen LogP) is 3.73. The minimum Gasteiger partial charge on any atom is -0.306 e. The van der Waals surface area contributed by atoms with Gasteiger partial charge in [0, 0.05) is 5.56 Å². The van der Waals surface area contributed by atoms with Gasteiger partial charge in [-0.2, -0.15) is 11.3 Å². The Bertz CT molecular complexity index is 462. The van der Waals surface area contributed by atoms with Gasteiger partial charge in [-0.3, -0.25) is 0 Å². The molecule has 2 rings (SSSR count). The van der Waals surface area contributed by atoms with Crippen LogP contribution in [0.2, 0.25) is 0 Å². The van der Waals surface area contributed by atoms with E-state index in [1.54, 1.807) is 0 Å². The van der Waals surface area contributed by atoms with Crippen LogP contribution in [-0.4, -0.2) is 6.54 Å². The average molecular weight is 253 g/mol. The van der Waals surface area contributed by atoms with E-state index in [-0.39, 0.29) is 5.56 Å². The fourth-order valence-electron chi connectivity index (χ4n) is 1.82. The molecule has 0 radical (unpaired) electrons. The first-order valence-electron chi connectivity index (χ1n) is 5.43. The Morgan fingerprint density at radius 1 is 1.24 bits per heavy atom. The van der Waals surface area contributed by atoms with Gasteiger partial charge in [0.05, 0.1) is 6.04 Å². The molecule has 1 heterocycles. The summed E-state index contributed by atoms with van der Waals surface area (Å²) in [4.78, 5) is 0. The highest BCUT2D eigenvalue weighted by Gasteiger charge is 2.21. The molecule has 0 aliphatic carbocycles. The van der Waals surface area contributed by atoms with Crippen molar-refractivity contribution in [1.29, 1.82) is 0 Å². The molecule has 1 aromatic carbocycles. The Kier molecular flexibility index (Phi) is 3.86. The van der Waals surface area contributed by atoms with Crippen LogP contribution in [0.15, 0.2) is 35.0 Å². The molecular weight excluding hydrogens is 240 g/mol. The van der Waals surface area contributed by atoms with Crippen LogP contribution in [0.1, 0.15) is 24.1 Å². The van der Waals surface area contributed by atoms with Crippen LogP contribution in [0.4, 0.5) is 8.78 Å². The summed E-state index contributed by atoms with van der Waals surface area (Å²) in [5.41, 5.74) is 0.980. The summed E-state index contributed by atoms with van der Waals surface area (Å²) in [5, 5.41) is 6.91. The maximum absolute atomic E-state index is 13.7. The third-order valence-corrected chi connectivity index (χ3v) is 3.27. The molecule has 0 saturated carbocycles. The van der Waals surface area contributed by atoms with Crippen LogP contribution in [0, 0.1) is 11.6 Å². The molecule has 1 unspecified atom stereocenters. The summed E-state index contributed by atoms with van der Waals surface area (Å²) >= 11 is 1.52. The molecule has 0 spiro atoms. The molecule has 1 N–H and O–H groups in total. The third kappa shape index (κ3) is 2.53. The summed E-state index contributed by atoms with van der Waals surface area (Å²) < 4.78 is 27.5. The van der Waals surface area contributed by atoms with Gasteiger partial charge in [-0.05, 0) is 41.1 Å². The lowest BCUT2D eigenvalue weighted by atomic mass is 10.00. The molecule has 4 heteroatoms. The largest absolute Gasteiger partial charge is 0.306 e. The summed E-state index contributed by atoms with van der Waals surface area (Å²) in [6.07, 6.45) is 0. The highest BCUT2D eigenvalue weighted by molar-refractivity contribution is 7.08. The quantitative estimate of drug-likeness (QED) is 0.875. The molecule has 90 valence electrons. The lowest BCUT2D eigenvalue weighted by Crippen LogP contribution is -2.23. The number of thiophene rings is 1. The second kappa shape index (κ2) is 5.38. The molecule has 0 aliphatic rings. The highest BCUT2D eigenvalue weighted by Crippen LogP contribution is 2.28. The molecule has 0 aliphatic heterocycles. The van der Waals surface area contributed by atoms with Crippen LogP contribution in [0.25, 0.3) is 0 Å². The van der Waals surface area contributed by atoms with E-state index in [0.29, 0.717) is 6.54 Å². The first kappa shape index (κ1) is 12.2. The van der Waals surface area contributed by atoms with Gasteiger partial charge in [0.1, 0.15) is 11.6 Å². The number of hydrogen-bond acceptors (Lipinski definition) is 2. The van der Waals surface area contributed by atoms with E-state index in [2.05, 4.69) is 5.32 Å². The monoisotopic (exact) mass is 253 g/mol. The zero-order chi connectivity index (χ0) is 12.3. The standard InChI is InChI=1S/C13H13F2NS/c1-2-16-13(9-6-7-17-8-9)12-10(14)4-3-5-11(12)15/h3-8,13,16H,2H2,1H3. The minimum atomic E-state index is -0.512. The molecule has 0 fully saturated rings. The van der Waals surface area contributed by atoms with Gasteiger partial charge < -0.3 is 5.32 Å². The number of hydrogen-bond donors (Lipinski definition) is 1. The SMILES string of the molecule is CCNC(c1ccsc1)c1c(F)cccc1F. The Labute approximate surface area is 103 Å². The van der Waals surface area contributed by atoms with Gasteiger partial charge in [-0.15, -0.1) is 0 Å². The van der Waals surface area contributed by atoms with Crippen molar-refractivity contribution in [3.63, 3.8) is 0 Å². The lowest BCUT2D eigenvalue weighted by Gasteiger charge is -2.18. The van der Waals surface area contributed by atoms with E-state index in [0.717, 1.165) is 5.56 Å². The third-order valence-electron chi connectivity index (χ3n) is 2.57. The van der Waals surface area contributed by atoms with E-state index in [1.165, 1.54) is 29.5 Å². The number of rotatable bonds is 4. The van der Waals surface area contributed by atoms with Gasteiger partial charge >= 0.3 is 0 Å². The van der Waals surface area contributed by atoms with Crippen molar-refractivity contribution in [3.05, 3.63) is 57.8 Å². The molecule has 0 bridgehead atoms. The Morgan fingerprint density at radius 3 is 2.47 bits per heavy atom. The number of benzene rings is 1. The zero-order valence-corrected chi connectivity index (χ0v) is 10.2. The molecule has 2 aromatic rings. The minimum absolute atomic E-state index is 0.0905. The molecule has 0 amide bonds. The molecule has 1 nitrogen and oxygen atoms in total. The summed E-state index contributed by atoms with van der Waals surface area (Å²) in [7, 11) is 0. The maximum atomic E-state index is 13.7. The van der Waals surface area contributed by atoms with Crippen molar-refractivity contribution in [2.75, 3.05) is 6.54 Å². The fraction of sp³-hybridized carbons (Fsp3) is 0.231. The Balaban J connectivity index is 2.46. The average Bonchev–Trinajstić information content (AvgIpc) is 2.80. The Hall–Kier alpha value is -1.26. The van der Waals surface area contributed by atoms with Crippen molar-refractivity contribution >= 4 is 11.3 Å². The molecular formula is C13H13F2NS. The summed E-state index contributed by atoms with van der Waals surface area (Å²) in [6.45, 7) is 2.56. The van der Waals surface area contributed by atoms with Gasteiger partial charge in [0.15, 0.2) is 0 Å². The van der Waals surface area contributed by atoms with Gasteiger partial charge in [0.25, 0.3) is 0 Å². The second-order valence-corrected chi connectivity index (χ2v) is 4.46. The van der Waals surface area contributed by atoms with Crippen molar-refractivity contribution in [1.82, 2.24) is 5.32 Å². The van der Waals surface area contributed by atoms with Crippen molar-refractivity contribution < 1.29 is 8.78 Å². The maximum Gasteiger partial charge on any atom is 0.131 e. The molecule has 0 saturated heterocycles. The molecule has 17 heavy (non-hydrogen) atoms. The van der Waals surface area contributed by atoms with Crippen molar-refractivity contribution in [2.45, 2.75) is 13.0 Å². The first-order chi connectivity index (χ1) is 8.24. The van der Waals surface area contributed by atoms with Crippen molar-refractivity contribution in [2.24, 2.45) is 0 Å². The lowest BCUT2D eigenvalue weighted by molar-refractivity contribution is 0.511. The zero-order valence-electron chi connectivity index (χ0n) is 9.41. The molecule has 1 atom stereocenters. The van der Waals surface area contributed by atoms with Crippen LogP contribution in [0.5, 0.6) is 0 Å².